The summed E-state index contributed by atoms with van der Waals surface area (Å²) in [5.41, 5.74) is 0.721. The first-order valence-corrected chi connectivity index (χ1v) is 14.3. The summed E-state index contributed by atoms with van der Waals surface area (Å²) in [6.45, 7) is 7.94. The van der Waals surface area contributed by atoms with Crippen LogP contribution in [0.2, 0.25) is 0 Å². The molecule has 2 amide bonds. The van der Waals surface area contributed by atoms with Crippen LogP contribution in [-0.2, 0) is 26.2 Å². The van der Waals surface area contributed by atoms with Gasteiger partial charge in [0, 0.05) is 17.6 Å². The first-order chi connectivity index (χ1) is 18.7. The molecule has 0 spiro atoms. The van der Waals surface area contributed by atoms with Crippen molar-refractivity contribution in [1.29, 1.82) is 0 Å². The fourth-order valence-corrected chi connectivity index (χ4v) is 5.40. The average molecular weight is 570 g/mol. The molecular weight excluding hydrogens is 533 g/mol. The Morgan fingerprint density at radius 1 is 0.975 bits per heavy atom. The summed E-state index contributed by atoms with van der Waals surface area (Å²) in [4.78, 5) is 28.2. The molecule has 1 atom stereocenters. The number of nitrogens with zero attached hydrogens (tertiary/aromatic N) is 2. The van der Waals surface area contributed by atoms with E-state index in [1.807, 2.05) is 6.92 Å². The topological polar surface area (TPSA) is 96.0 Å². The summed E-state index contributed by atoms with van der Waals surface area (Å²) in [6.07, 6.45) is 0. The number of hydrogen-bond donors (Lipinski definition) is 1. The molecule has 0 fully saturated rings. The van der Waals surface area contributed by atoms with Crippen LogP contribution < -0.4 is 14.4 Å². The number of nitrogens with one attached hydrogen (secondary N) is 1. The Labute approximate surface area is 235 Å². The molecule has 3 rings (SSSR count). The highest BCUT2D eigenvalue weighted by Gasteiger charge is 2.33. The van der Waals surface area contributed by atoms with Gasteiger partial charge >= 0.3 is 0 Å². The molecule has 0 aliphatic carbocycles. The monoisotopic (exact) mass is 569 g/mol. The molecule has 10 heteroatoms. The number of benzene rings is 3. The summed E-state index contributed by atoms with van der Waals surface area (Å²) >= 11 is 0. The number of hydrogen-bond acceptors (Lipinski definition) is 5. The van der Waals surface area contributed by atoms with Crippen LogP contribution in [0.25, 0.3) is 0 Å². The Kier molecular flexibility index (Phi) is 9.57. The van der Waals surface area contributed by atoms with E-state index in [4.69, 9.17) is 4.74 Å². The fourth-order valence-electron chi connectivity index (χ4n) is 3.98. The van der Waals surface area contributed by atoms with Crippen LogP contribution in [-0.4, -0.2) is 50.4 Å². The van der Waals surface area contributed by atoms with Crippen molar-refractivity contribution >= 4 is 27.5 Å². The van der Waals surface area contributed by atoms with Crippen LogP contribution in [0.4, 0.5) is 10.1 Å². The standard InChI is InChI=1S/C30H36FN3O5S/c1-21-11-17-26(18-12-21)40(37,38)34(24-13-15-25(39-6)16-14-24)20-28(35)33(19-23-9-7-8-10-27(23)31)22(2)29(36)32-30(3,4)5/h7-18,22H,19-20H2,1-6H3,(H,32,36)/t22-/m1/s1. The molecule has 0 aromatic heterocycles. The fraction of sp³-hybridized carbons (Fsp3) is 0.333. The lowest BCUT2D eigenvalue weighted by molar-refractivity contribution is -0.140. The number of sulfonamides is 1. The lowest BCUT2D eigenvalue weighted by Crippen LogP contribution is -2.54. The molecule has 0 radical (unpaired) electrons. The minimum absolute atomic E-state index is 0.000830. The van der Waals surface area contributed by atoms with E-state index in [-0.39, 0.29) is 22.7 Å². The highest BCUT2D eigenvalue weighted by Crippen LogP contribution is 2.27. The normalized spacial score (nSPS) is 12.4. The Hall–Kier alpha value is -3.92. The second-order valence-electron chi connectivity index (χ2n) is 10.6. The molecule has 0 heterocycles. The smallest absolute Gasteiger partial charge is 0.264 e. The molecule has 214 valence electrons. The largest absolute Gasteiger partial charge is 0.497 e. The van der Waals surface area contributed by atoms with Gasteiger partial charge in [0.1, 0.15) is 24.2 Å². The van der Waals surface area contributed by atoms with Crippen LogP contribution in [0.5, 0.6) is 5.75 Å². The number of halogens is 1. The maximum absolute atomic E-state index is 14.6. The summed E-state index contributed by atoms with van der Waals surface area (Å²) in [5, 5.41) is 2.84. The number of ether oxygens (including phenoxy) is 1. The third kappa shape index (κ3) is 7.59. The van der Waals surface area contributed by atoms with Gasteiger partial charge in [-0.25, -0.2) is 12.8 Å². The molecule has 3 aromatic rings. The number of anilines is 1. The van der Waals surface area contributed by atoms with Crippen molar-refractivity contribution < 1.29 is 27.1 Å². The highest BCUT2D eigenvalue weighted by molar-refractivity contribution is 7.92. The van der Waals surface area contributed by atoms with E-state index in [1.54, 1.807) is 51.1 Å². The minimum atomic E-state index is -4.20. The number of amides is 2. The molecular formula is C30H36FN3O5S. The quantitative estimate of drug-likeness (QED) is 0.383. The number of methoxy groups -OCH3 is 1. The van der Waals surface area contributed by atoms with Gasteiger partial charge < -0.3 is 15.0 Å². The minimum Gasteiger partial charge on any atom is -0.497 e. The second-order valence-corrected chi connectivity index (χ2v) is 12.4. The summed E-state index contributed by atoms with van der Waals surface area (Å²) in [6, 6.07) is 17.5. The molecule has 0 bridgehead atoms. The van der Waals surface area contributed by atoms with Crippen LogP contribution in [0, 0.1) is 12.7 Å². The molecule has 0 saturated heterocycles. The SMILES string of the molecule is COc1ccc(N(CC(=O)N(Cc2ccccc2F)[C@H](C)C(=O)NC(C)(C)C)S(=O)(=O)c2ccc(C)cc2)cc1. The predicted molar refractivity (Wildman–Crippen MR) is 153 cm³/mol. The molecule has 3 aromatic carbocycles. The van der Waals surface area contributed by atoms with Crippen molar-refractivity contribution in [2.24, 2.45) is 0 Å². The van der Waals surface area contributed by atoms with Crippen molar-refractivity contribution in [2.75, 3.05) is 18.0 Å². The van der Waals surface area contributed by atoms with Crippen molar-refractivity contribution in [1.82, 2.24) is 10.2 Å². The van der Waals surface area contributed by atoms with E-state index in [9.17, 15) is 22.4 Å². The Morgan fingerprint density at radius 3 is 2.12 bits per heavy atom. The number of carbonyl (C=O) groups is 2. The third-order valence-electron chi connectivity index (χ3n) is 6.21. The van der Waals surface area contributed by atoms with Gasteiger partial charge in [-0.05, 0) is 77.1 Å². The zero-order valence-corrected chi connectivity index (χ0v) is 24.5. The van der Waals surface area contributed by atoms with Gasteiger partial charge in [0.25, 0.3) is 10.0 Å². The van der Waals surface area contributed by atoms with Crippen LogP contribution >= 0.6 is 0 Å². The van der Waals surface area contributed by atoms with Gasteiger partial charge in [-0.15, -0.1) is 0 Å². The lowest BCUT2D eigenvalue weighted by Gasteiger charge is -2.33. The third-order valence-corrected chi connectivity index (χ3v) is 8.00. The first-order valence-electron chi connectivity index (χ1n) is 12.8. The molecule has 8 nitrogen and oxygen atoms in total. The van der Waals surface area contributed by atoms with E-state index in [1.165, 1.54) is 61.4 Å². The van der Waals surface area contributed by atoms with E-state index in [0.717, 1.165) is 9.87 Å². The van der Waals surface area contributed by atoms with E-state index in [2.05, 4.69) is 5.32 Å². The zero-order valence-electron chi connectivity index (χ0n) is 23.6. The summed E-state index contributed by atoms with van der Waals surface area (Å²) in [5.74, 6) is -1.15. The van der Waals surface area contributed by atoms with Crippen LogP contribution in [0.15, 0.2) is 77.7 Å². The zero-order chi connectivity index (χ0) is 29.7. The van der Waals surface area contributed by atoms with Gasteiger partial charge in [-0.3, -0.25) is 13.9 Å². The summed E-state index contributed by atoms with van der Waals surface area (Å²) in [7, 11) is -2.71. The maximum atomic E-state index is 14.6. The Morgan fingerprint density at radius 2 is 1.57 bits per heavy atom. The van der Waals surface area contributed by atoms with Crippen molar-refractivity contribution in [3.8, 4) is 5.75 Å². The summed E-state index contributed by atoms with van der Waals surface area (Å²) < 4.78 is 48.5. The van der Waals surface area contributed by atoms with Crippen molar-refractivity contribution in [3.63, 3.8) is 0 Å². The van der Waals surface area contributed by atoms with Crippen LogP contribution in [0.3, 0.4) is 0 Å². The van der Waals surface area contributed by atoms with Gasteiger partial charge in [0.15, 0.2) is 0 Å². The highest BCUT2D eigenvalue weighted by atomic mass is 32.2. The van der Waals surface area contributed by atoms with Gasteiger partial charge in [-0.1, -0.05) is 35.9 Å². The number of aryl methyl sites for hydroxylation is 1. The molecule has 0 saturated carbocycles. The lowest BCUT2D eigenvalue weighted by atomic mass is 10.1. The van der Waals surface area contributed by atoms with Gasteiger partial charge in [-0.2, -0.15) is 0 Å². The van der Waals surface area contributed by atoms with E-state index >= 15 is 0 Å². The molecule has 0 unspecified atom stereocenters. The maximum Gasteiger partial charge on any atom is 0.264 e. The molecule has 0 aliphatic rings. The van der Waals surface area contributed by atoms with E-state index < -0.39 is 45.8 Å². The number of rotatable bonds is 10. The van der Waals surface area contributed by atoms with Gasteiger partial charge in [0.05, 0.1) is 17.7 Å². The average Bonchev–Trinajstić information content (AvgIpc) is 2.90. The Bertz CT molecular complexity index is 1440. The van der Waals surface area contributed by atoms with Crippen LogP contribution in [0.1, 0.15) is 38.8 Å². The van der Waals surface area contributed by atoms with Crippen molar-refractivity contribution in [2.45, 2.75) is 57.6 Å². The second kappa shape index (κ2) is 12.5. The number of carbonyl (C=O) groups excluding carboxylic acids is 2. The van der Waals surface area contributed by atoms with E-state index in [0.29, 0.717) is 5.75 Å². The predicted octanol–water partition coefficient (Wildman–Crippen LogP) is 4.67. The molecule has 1 N–H and O–H groups in total. The van der Waals surface area contributed by atoms with Gasteiger partial charge in [0.2, 0.25) is 11.8 Å². The van der Waals surface area contributed by atoms with Crippen molar-refractivity contribution in [3.05, 3.63) is 89.7 Å². The first kappa shape index (κ1) is 30.6. The molecule has 40 heavy (non-hydrogen) atoms. The Balaban J connectivity index is 2.05. The molecule has 0 aliphatic heterocycles.